The predicted molar refractivity (Wildman–Crippen MR) is 60.1 cm³/mol. The minimum absolute atomic E-state index is 0.0248. The quantitative estimate of drug-likeness (QED) is 0.690. The van der Waals surface area contributed by atoms with Crippen LogP contribution in [-0.4, -0.2) is 46.5 Å². The second kappa shape index (κ2) is 5.74. The van der Waals surface area contributed by atoms with E-state index in [1.807, 2.05) is 7.05 Å². The van der Waals surface area contributed by atoms with E-state index in [1.165, 1.54) is 0 Å². The van der Waals surface area contributed by atoms with E-state index >= 15 is 0 Å². The van der Waals surface area contributed by atoms with Crippen LogP contribution in [0.25, 0.3) is 0 Å². The maximum Gasteiger partial charge on any atom is 0.223 e. The number of carbonyl (C=O) groups is 1. The zero-order valence-corrected chi connectivity index (χ0v) is 9.85. The van der Waals surface area contributed by atoms with Gasteiger partial charge in [0.1, 0.15) is 6.33 Å². The highest BCUT2D eigenvalue weighted by molar-refractivity contribution is 5.76. The lowest BCUT2D eigenvalue weighted by Crippen LogP contribution is -2.41. The van der Waals surface area contributed by atoms with E-state index < -0.39 is 0 Å². The van der Waals surface area contributed by atoms with Crippen LogP contribution in [0.2, 0.25) is 0 Å². The number of morpholine rings is 1. The summed E-state index contributed by atoms with van der Waals surface area (Å²) in [6.45, 7) is 2.66. The maximum absolute atomic E-state index is 11.6. The lowest BCUT2D eigenvalue weighted by atomic mass is 10.2. The molecule has 94 valence electrons. The van der Waals surface area contributed by atoms with E-state index in [9.17, 15) is 4.79 Å². The highest BCUT2D eigenvalue weighted by atomic mass is 16.5. The molecule has 7 nitrogen and oxygen atoms in total. The molecule has 0 aliphatic carbocycles. The SMILES string of the molecule is Cn1cnnc1CNC(=O)CC1CNCCO1. The highest BCUT2D eigenvalue weighted by Crippen LogP contribution is 2.01. The van der Waals surface area contributed by atoms with Gasteiger partial charge in [0.15, 0.2) is 5.82 Å². The zero-order chi connectivity index (χ0) is 12.1. The molecule has 1 unspecified atom stereocenters. The molecule has 2 heterocycles. The van der Waals surface area contributed by atoms with Crippen molar-refractivity contribution in [3.05, 3.63) is 12.2 Å². The Hall–Kier alpha value is -1.47. The van der Waals surface area contributed by atoms with Gasteiger partial charge in [-0.15, -0.1) is 10.2 Å². The molecule has 1 atom stereocenters. The minimum Gasteiger partial charge on any atom is -0.375 e. The van der Waals surface area contributed by atoms with Gasteiger partial charge in [0.2, 0.25) is 5.91 Å². The van der Waals surface area contributed by atoms with Crippen LogP contribution in [0.1, 0.15) is 12.2 Å². The monoisotopic (exact) mass is 239 g/mol. The number of rotatable bonds is 4. The van der Waals surface area contributed by atoms with Gasteiger partial charge >= 0.3 is 0 Å². The lowest BCUT2D eigenvalue weighted by molar-refractivity contribution is -0.124. The third-order valence-electron chi connectivity index (χ3n) is 2.67. The van der Waals surface area contributed by atoms with Crippen molar-refractivity contribution in [3.63, 3.8) is 0 Å². The Labute approximate surface area is 99.5 Å². The number of aromatic nitrogens is 3. The van der Waals surface area contributed by atoms with Crippen LogP contribution in [0, 0.1) is 0 Å². The van der Waals surface area contributed by atoms with E-state index in [0.717, 1.165) is 18.9 Å². The molecule has 7 heteroatoms. The van der Waals surface area contributed by atoms with Crippen molar-refractivity contribution in [2.24, 2.45) is 7.05 Å². The van der Waals surface area contributed by atoms with Crippen molar-refractivity contribution in [2.45, 2.75) is 19.1 Å². The molecule has 1 aromatic rings. The average molecular weight is 239 g/mol. The van der Waals surface area contributed by atoms with E-state index in [1.54, 1.807) is 10.9 Å². The topological polar surface area (TPSA) is 81.1 Å². The van der Waals surface area contributed by atoms with Gasteiger partial charge in [0, 0.05) is 20.1 Å². The Kier molecular flexibility index (Phi) is 4.05. The summed E-state index contributed by atoms with van der Waals surface area (Å²) in [6.07, 6.45) is 1.96. The summed E-state index contributed by atoms with van der Waals surface area (Å²) in [6, 6.07) is 0. The second-order valence-corrected chi connectivity index (χ2v) is 4.04. The molecule has 0 spiro atoms. The van der Waals surface area contributed by atoms with Gasteiger partial charge in [-0.1, -0.05) is 0 Å². The fourth-order valence-electron chi connectivity index (χ4n) is 1.67. The van der Waals surface area contributed by atoms with Gasteiger partial charge in [0.25, 0.3) is 0 Å². The standard InChI is InChI=1S/C10H17N5O2/c1-15-7-13-14-9(15)6-12-10(16)4-8-5-11-2-3-17-8/h7-8,11H,2-6H2,1H3,(H,12,16). The highest BCUT2D eigenvalue weighted by Gasteiger charge is 2.17. The molecule has 1 aromatic heterocycles. The molecular weight excluding hydrogens is 222 g/mol. The van der Waals surface area contributed by atoms with Gasteiger partial charge in [-0.2, -0.15) is 0 Å². The maximum atomic E-state index is 11.6. The Morgan fingerprint density at radius 1 is 1.76 bits per heavy atom. The van der Waals surface area contributed by atoms with E-state index in [-0.39, 0.29) is 12.0 Å². The predicted octanol–water partition coefficient (Wildman–Crippen LogP) is -1.19. The van der Waals surface area contributed by atoms with Crippen LogP contribution in [0.5, 0.6) is 0 Å². The van der Waals surface area contributed by atoms with Crippen LogP contribution in [0.4, 0.5) is 0 Å². The molecule has 0 radical (unpaired) electrons. The fourth-order valence-corrected chi connectivity index (χ4v) is 1.67. The number of aryl methyl sites for hydroxylation is 1. The van der Waals surface area contributed by atoms with Crippen molar-refractivity contribution >= 4 is 5.91 Å². The molecular formula is C10H17N5O2. The van der Waals surface area contributed by atoms with Gasteiger partial charge < -0.3 is 19.9 Å². The normalized spacial score (nSPS) is 20.2. The summed E-state index contributed by atoms with van der Waals surface area (Å²) in [5.74, 6) is 0.711. The smallest absolute Gasteiger partial charge is 0.223 e. The average Bonchev–Trinajstić information content (AvgIpc) is 2.74. The van der Waals surface area contributed by atoms with Gasteiger partial charge in [-0.05, 0) is 0 Å². The first-order valence-electron chi connectivity index (χ1n) is 5.67. The molecule has 1 amide bonds. The molecule has 1 aliphatic rings. The number of nitrogens with zero attached hydrogens (tertiary/aromatic N) is 3. The first kappa shape index (κ1) is 12.0. The summed E-state index contributed by atoms with van der Waals surface area (Å²) >= 11 is 0. The third-order valence-corrected chi connectivity index (χ3v) is 2.67. The summed E-state index contributed by atoms with van der Waals surface area (Å²) in [7, 11) is 1.84. The molecule has 0 saturated carbocycles. The van der Waals surface area contributed by atoms with Gasteiger partial charge in [-0.25, -0.2) is 0 Å². The van der Waals surface area contributed by atoms with Crippen LogP contribution < -0.4 is 10.6 Å². The van der Waals surface area contributed by atoms with E-state index in [0.29, 0.717) is 19.6 Å². The third kappa shape index (κ3) is 3.50. The number of amides is 1. The van der Waals surface area contributed by atoms with Crippen molar-refractivity contribution in [1.29, 1.82) is 0 Å². The Morgan fingerprint density at radius 3 is 3.29 bits per heavy atom. The number of ether oxygens (including phenoxy) is 1. The summed E-state index contributed by atoms with van der Waals surface area (Å²) in [4.78, 5) is 11.6. The van der Waals surface area contributed by atoms with Crippen LogP contribution in [-0.2, 0) is 23.1 Å². The Balaban J connectivity index is 1.72. The number of nitrogens with one attached hydrogen (secondary N) is 2. The first-order chi connectivity index (χ1) is 8.25. The summed E-state index contributed by atoms with van der Waals surface area (Å²) in [5.41, 5.74) is 0. The molecule has 1 saturated heterocycles. The van der Waals surface area contributed by atoms with Crippen molar-refractivity contribution in [1.82, 2.24) is 25.4 Å². The van der Waals surface area contributed by atoms with Crippen LogP contribution >= 0.6 is 0 Å². The molecule has 1 fully saturated rings. The number of carbonyl (C=O) groups excluding carboxylic acids is 1. The van der Waals surface area contributed by atoms with Crippen LogP contribution in [0.3, 0.4) is 0 Å². The minimum atomic E-state index is -0.0262. The van der Waals surface area contributed by atoms with E-state index in [4.69, 9.17) is 4.74 Å². The van der Waals surface area contributed by atoms with Crippen LogP contribution in [0.15, 0.2) is 6.33 Å². The molecule has 0 aromatic carbocycles. The van der Waals surface area contributed by atoms with Gasteiger partial charge in [-0.3, -0.25) is 4.79 Å². The van der Waals surface area contributed by atoms with Crippen molar-refractivity contribution in [2.75, 3.05) is 19.7 Å². The molecule has 17 heavy (non-hydrogen) atoms. The lowest BCUT2D eigenvalue weighted by Gasteiger charge is -2.22. The Morgan fingerprint density at radius 2 is 2.65 bits per heavy atom. The second-order valence-electron chi connectivity index (χ2n) is 4.04. The molecule has 2 rings (SSSR count). The molecule has 0 bridgehead atoms. The largest absolute Gasteiger partial charge is 0.375 e. The first-order valence-corrected chi connectivity index (χ1v) is 5.67. The molecule has 2 N–H and O–H groups in total. The van der Waals surface area contributed by atoms with E-state index in [2.05, 4.69) is 20.8 Å². The number of hydrogen-bond donors (Lipinski definition) is 2. The van der Waals surface area contributed by atoms with Crippen molar-refractivity contribution in [3.8, 4) is 0 Å². The summed E-state index contributed by atoms with van der Waals surface area (Å²) < 4.78 is 7.23. The zero-order valence-electron chi connectivity index (χ0n) is 9.85. The number of hydrogen-bond acceptors (Lipinski definition) is 5. The Bertz CT molecular complexity index is 373. The summed E-state index contributed by atoms with van der Waals surface area (Å²) in [5, 5.41) is 13.6. The van der Waals surface area contributed by atoms with Gasteiger partial charge in [0.05, 0.1) is 25.7 Å². The fraction of sp³-hybridized carbons (Fsp3) is 0.700. The van der Waals surface area contributed by atoms with Crippen molar-refractivity contribution < 1.29 is 9.53 Å². The molecule has 1 aliphatic heterocycles.